The van der Waals surface area contributed by atoms with Gasteiger partial charge in [0.1, 0.15) is 23.3 Å². The van der Waals surface area contributed by atoms with Crippen LogP contribution in [-0.2, 0) is 15.1 Å². The first-order chi connectivity index (χ1) is 12.7. The van der Waals surface area contributed by atoms with Crippen molar-refractivity contribution in [3.63, 3.8) is 0 Å². The lowest BCUT2D eigenvalue weighted by atomic mass is 9.68. The van der Waals surface area contributed by atoms with Gasteiger partial charge in [-0.2, -0.15) is 5.26 Å². The van der Waals surface area contributed by atoms with Crippen molar-refractivity contribution in [3.05, 3.63) is 65.5 Å². The molecule has 0 saturated carbocycles. The highest BCUT2D eigenvalue weighted by atomic mass is 19.1. The van der Waals surface area contributed by atoms with Crippen molar-refractivity contribution in [2.45, 2.75) is 25.9 Å². The monoisotopic (exact) mass is 368 g/mol. The fraction of sp³-hybridized carbons (Fsp3) is 0.286. The number of rotatable bonds is 3. The number of ketones is 1. The average molecular weight is 368 g/mol. The summed E-state index contributed by atoms with van der Waals surface area (Å²) in [4.78, 5) is 16.7. The summed E-state index contributed by atoms with van der Waals surface area (Å²) in [7, 11) is 1.46. The van der Waals surface area contributed by atoms with Crippen molar-refractivity contribution in [2.75, 3.05) is 7.11 Å². The predicted molar refractivity (Wildman–Crippen MR) is 95.4 cm³/mol. The number of Topliss-reactive ketones (excluding diaryl/α,β-unsaturated/α-hetero) is 1. The van der Waals surface area contributed by atoms with Crippen molar-refractivity contribution in [3.8, 4) is 17.2 Å². The van der Waals surface area contributed by atoms with Crippen LogP contribution in [0.4, 0.5) is 8.78 Å². The Hall–Kier alpha value is -2.91. The summed E-state index contributed by atoms with van der Waals surface area (Å²) in [6.07, 6.45) is 2.74. The number of allylic oxidation sites excluding steroid dienone is 1. The summed E-state index contributed by atoms with van der Waals surface area (Å²) in [5.74, 6) is -1.25. The van der Waals surface area contributed by atoms with Gasteiger partial charge < -0.3 is 4.74 Å². The molecule has 4 nitrogen and oxygen atoms in total. The number of methoxy groups -OCH3 is 1. The minimum absolute atomic E-state index is 0.0238. The molecule has 0 bridgehead atoms. The number of nitrogens with zero attached hydrogens (tertiary/aromatic N) is 2. The van der Waals surface area contributed by atoms with Crippen LogP contribution < -0.4 is 0 Å². The minimum Gasteiger partial charge on any atom is -0.368 e. The Balaban J connectivity index is 2.28. The van der Waals surface area contributed by atoms with Crippen LogP contribution in [0.25, 0.3) is 11.1 Å². The third-order valence-corrected chi connectivity index (χ3v) is 4.84. The molecule has 0 spiro atoms. The molecule has 3 rings (SSSR count). The zero-order chi connectivity index (χ0) is 19.8. The first-order valence-electron chi connectivity index (χ1n) is 8.37. The molecular weight excluding hydrogens is 350 g/mol. The average Bonchev–Trinajstić information content (AvgIpc) is 2.64. The Bertz CT molecular complexity index is 975. The van der Waals surface area contributed by atoms with Crippen molar-refractivity contribution >= 4 is 5.78 Å². The topological polar surface area (TPSA) is 63.0 Å². The van der Waals surface area contributed by atoms with Gasteiger partial charge in [0.2, 0.25) is 0 Å². The summed E-state index contributed by atoms with van der Waals surface area (Å²) in [6.45, 7) is 3.46. The van der Waals surface area contributed by atoms with E-state index in [0.717, 1.165) is 6.20 Å². The fourth-order valence-electron chi connectivity index (χ4n) is 3.54. The van der Waals surface area contributed by atoms with Gasteiger partial charge in [-0.15, -0.1) is 0 Å². The van der Waals surface area contributed by atoms with Gasteiger partial charge in [-0.1, -0.05) is 26.0 Å². The number of benzene rings is 1. The summed E-state index contributed by atoms with van der Waals surface area (Å²) in [5, 5.41) is 9.41. The number of hydrogen-bond acceptors (Lipinski definition) is 4. The van der Waals surface area contributed by atoms with Gasteiger partial charge >= 0.3 is 0 Å². The molecule has 1 unspecified atom stereocenters. The highest BCUT2D eigenvalue weighted by Crippen LogP contribution is 2.47. The smallest absolute Gasteiger partial charge is 0.178 e. The Kier molecular flexibility index (Phi) is 4.66. The standard InChI is InChI=1S/C21H18F2N2O2/c1-20(2)12-21(27-3,9-14(10-24)19(20)26)18-17(8-16(23)11-25-18)13-4-6-15(22)7-5-13/h4-9,11H,12H2,1-3H3. The van der Waals surface area contributed by atoms with E-state index in [1.807, 2.05) is 6.07 Å². The first kappa shape index (κ1) is 18.9. The maximum Gasteiger partial charge on any atom is 0.178 e. The molecule has 0 saturated heterocycles. The Morgan fingerprint density at radius 3 is 2.44 bits per heavy atom. The molecule has 1 heterocycles. The second-order valence-corrected chi connectivity index (χ2v) is 7.21. The summed E-state index contributed by atoms with van der Waals surface area (Å²) >= 11 is 0. The first-order valence-corrected chi connectivity index (χ1v) is 8.37. The van der Waals surface area contributed by atoms with Gasteiger partial charge in [0, 0.05) is 18.1 Å². The highest BCUT2D eigenvalue weighted by Gasteiger charge is 2.48. The maximum atomic E-state index is 14.0. The largest absolute Gasteiger partial charge is 0.368 e. The number of carbonyl (C=O) groups excluding carboxylic acids is 1. The Labute approximate surface area is 156 Å². The molecule has 2 aromatic rings. The highest BCUT2D eigenvalue weighted by molar-refractivity contribution is 6.04. The van der Waals surface area contributed by atoms with E-state index in [9.17, 15) is 18.8 Å². The molecule has 1 aliphatic carbocycles. The van der Waals surface area contributed by atoms with Crippen LogP contribution in [0.15, 0.2) is 48.2 Å². The zero-order valence-electron chi connectivity index (χ0n) is 15.2. The predicted octanol–water partition coefficient (Wildman–Crippen LogP) is 4.32. The molecule has 6 heteroatoms. The quantitative estimate of drug-likeness (QED) is 0.810. The molecule has 1 atom stereocenters. The number of carbonyl (C=O) groups is 1. The number of hydrogen-bond donors (Lipinski definition) is 0. The van der Waals surface area contributed by atoms with Crippen molar-refractivity contribution in [1.29, 1.82) is 5.26 Å². The Morgan fingerprint density at radius 1 is 1.19 bits per heavy atom. The molecular formula is C21H18F2N2O2. The van der Waals surface area contributed by atoms with Crippen LogP contribution in [0.1, 0.15) is 26.0 Å². The van der Waals surface area contributed by atoms with Crippen molar-refractivity contribution in [1.82, 2.24) is 4.98 Å². The van der Waals surface area contributed by atoms with E-state index >= 15 is 0 Å². The zero-order valence-corrected chi connectivity index (χ0v) is 15.2. The van der Waals surface area contributed by atoms with E-state index in [1.165, 1.54) is 43.5 Å². The molecule has 0 amide bonds. The van der Waals surface area contributed by atoms with Gasteiger partial charge in [0.05, 0.1) is 17.5 Å². The second kappa shape index (κ2) is 6.67. The molecule has 0 N–H and O–H groups in total. The van der Waals surface area contributed by atoms with Crippen LogP contribution >= 0.6 is 0 Å². The summed E-state index contributed by atoms with van der Waals surface area (Å²) in [5.41, 5.74) is -0.756. The van der Waals surface area contributed by atoms with E-state index < -0.39 is 22.7 Å². The van der Waals surface area contributed by atoms with Crippen LogP contribution in [0.3, 0.4) is 0 Å². The van der Waals surface area contributed by atoms with Gasteiger partial charge in [0.25, 0.3) is 0 Å². The van der Waals surface area contributed by atoms with Gasteiger partial charge in [-0.25, -0.2) is 8.78 Å². The minimum atomic E-state index is -1.19. The molecule has 0 aliphatic heterocycles. The summed E-state index contributed by atoms with van der Waals surface area (Å²) < 4.78 is 33.1. The number of ether oxygens (including phenoxy) is 1. The summed E-state index contributed by atoms with van der Waals surface area (Å²) in [6, 6.07) is 8.80. The van der Waals surface area contributed by atoms with E-state index in [1.54, 1.807) is 13.8 Å². The van der Waals surface area contributed by atoms with Crippen LogP contribution in [0.5, 0.6) is 0 Å². The third-order valence-electron chi connectivity index (χ3n) is 4.84. The van der Waals surface area contributed by atoms with E-state index in [-0.39, 0.29) is 17.8 Å². The van der Waals surface area contributed by atoms with E-state index in [4.69, 9.17) is 4.74 Å². The normalized spacial score (nSPS) is 21.5. The molecule has 1 aromatic carbocycles. The lowest BCUT2D eigenvalue weighted by Crippen LogP contribution is -2.42. The van der Waals surface area contributed by atoms with Gasteiger partial charge in [-0.3, -0.25) is 9.78 Å². The maximum absolute atomic E-state index is 14.0. The molecule has 27 heavy (non-hydrogen) atoms. The van der Waals surface area contributed by atoms with Gasteiger partial charge in [-0.05, 0) is 36.3 Å². The molecule has 1 aliphatic rings. The molecule has 1 aromatic heterocycles. The third kappa shape index (κ3) is 3.26. The SMILES string of the molecule is COC1(c2ncc(F)cc2-c2ccc(F)cc2)C=C(C#N)C(=O)C(C)(C)C1. The number of halogens is 2. The Morgan fingerprint density at radius 2 is 1.85 bits per heavy atom. The van der Waals surface area contributed by atoms with E-state index in [0.29, 0.717) is 16.8 Å². The lowest BCUT2D eigenvalue weighted by Gasteiger charge is -2.40. The van der Waals surface area contributed by atoms with Crippen molar-refractivity contribution in [2.24, 2.45) is 5.41 Å². The number of aromatic nitrogens is 1. The molecule has 0 radical (unpaired) electrons. The van der Waals surface area contributed by atoms with Crippen LogP contribution in [0.2, 0.25) is 0 Å². The fourth-order valence-corrected chi connectivity index (χ4v) is 3.54. The molecule has 138 valence electrons. The van der Waals surface area contributed by atoms with Crippen molar-refractivity contribution < 1.29 is 18.3 Å². The lowest BCUT2D eigenvalue weighted by molar-refractivity contribution is -0.128. The number of nitriles is 1. The number of pyridine rings is 1. The van der Waals surface area contributed by atoms with Gasteiger partial charge in [0.15, 0.2) is 5.78 Å². The second-order valence-electron chi connectivity index (χ2n) is 7.21. The van der Waals surface area contributed by atoms with Crippen LogP contribution in [-0.4, -0.2) is 17.9 Å². The van der Waals surface area contributed by atoms with Crippen LogP contribution in [0, 0.1) is 28.4 Å². The van der Waals surface area contributed by atoms with E-state index in [2.05, 4.69) is 4.98 Å². The molecule has 0 fully saturated rings.